The lowest BCUT2D eigenvalue weighted by Gasteiger charge is -2.41. The fourth-order valence-electron chi connectivity index (χ4n) is 6.46. The maximum Gasteiger partial charge on any atom is 0.337 e. The van der Waals surface area contributed by atoms with Crippen LogP contribution in [-0.2, 0) is 16.1 Å². The van der Waals surface area contributed by atoms with Gasteiger partial charge in [-0.1, -0.05) is 24.3 Å². The molecule has 0 aromatic heterocycles. The predicted octanol–water partition coefficient (Wildman–Crippen LogP) is 6.70. The average molecular weight is 559 g/mol. The molecule has 0 saturated carbocycles. The molecule has 218 valence electrons. The highest BCUT2D eigenvalue weighted by molar-refractivity contribution is 5.98. The van der Waals surface area contributed by atoms with Crippen molar-refractivity contribution in [1.82, 2.24) is 0 Å². The van der Waals surface area contributed by atoms with E-state index in [1.807, 2.05) is 46.8 Å². The second-order valence-electron chi connectivity index (χ2n) is 12.4. The van der Waals surface area contributed by atoms with Crippen molar-refractivity contribution < 1.29 is 24.5 Å². The summed E-state index contributed by atoms with van der Waals surface area (Å²) < 4.78 is 12.3. The molecule has 5 rings (SSSR count). The van der Waals surface area contributed by atoms with Crippen LogP contribution in [0.1, 0.15) is 67.2 Å². The van der Waals surface area contributed by atoms with Crippen molar-refractivity contribution in [2.75, 3.05) is 30.0 Å². The monoisotopic (exact) mass is 558 g/mol. The number of carboxylic acids is 1. The Morgan fingerprint density at radius 1 is 1.05 bits per heavy atom. The van der Waals surface area contributed by atoms with Crippen molar-refractivity contribution >= 4 is 17.3 Å². The number of hydrogen-bond donors (Lipinski definition) is 3. The second kappa shape index (κ2) is 10.7. The first-order valence-corrected chi connectivity index (χ1v) is 14.4. The third kappa shape index (κ3) is 4.95. The van der Waals surface area contributed by atoms with E-state index in [0.717, 1.165) is 56.1 Å². The lowest BCUT2D eigenvalue weighted by atomic mass is 9.78. The van der Waals surface area contributed by atoms with E-state index >= 15 is 0 Å². The molecule has 2 atom stereocenters. The molecular formula is C34H42N2O5. The van der Waals surface area contributed by atoms with E-state index in [1.165, 1.54) is 11.1 Å². The Hall–Kier alpha value is -3.55. The minimum absolute atomic E-state index is 0.0212. The molecule has 1 unspecified atom stereocenters. The van der Waals surface area contributed by atoms with Gasteiger partial charge in [0.1, 0.15) is 12.4 Å². The number of ether oxygens (including phenoxy) is 2. The number of aliphatic hydroxyl groups excluding tert-OH is 1. The minimum Gasteiger partial charge on any atom is -0.490 e. The fraction of sp³-hybridized carbons (Fsp3) is 0.441. The molecule has 2 heterocycles. The second-order valence-corrected chi connectivity index (χ2v) is 12.4. The lowest BCUT2D eigenvalue weighted by molar-refractivity contribution is -0.160. The third-order valence-electron chi connectivity index (χ3n) is 8.42. The molecule has 3 aromatic carbocycles. The van der Waals surface area contributed by atoms with Crippen LogP contribution in [0, 0.1) is 27.7 Å². The number of benzene rings is 3. The van der Waals surface area contributed by atoms with E-state index in [4.69, 9.17) is 9.47 Å². The van der Waals surface area contributed by atoms with Gasteiger partial charge in [0.25, 0.3) is 0 Å². The number of aryl methyl sites for hydroxylation is 1. The van der Waals surface area contributed by atoms with E-state index in [-0.39, 0.29) is 12.6 Å². The fourth-order valence-corrected chi connectivity index (χ4v) is 6.46. The highest BCUT2D eigenvalue weighted by Crippen LogP contribution is 2.53. The van der Waals surface area contributed by atoms with Crippen LogP contribution in [-0.4, -0.2) is 47.6 Å². The van der Waals surface area contributed by atoms with Crippen LogP contribution < -0.4 is 15.0 Å². The zero-order chi connectivity index (χ0) is 29.8. The normalized spacial score (nSPS) is 15.7. The van der Waals surface area contributed by atoms with Gasteiger partial charge in [0, 0.05) is 35.9 Å². The van der Waals surface area contributed by atoms with Crippen LogP contribution in [0.15, 0.2) is 30.3 Å². The van der Waals surface area contributed by atoms with Gasteiger partial charge in [-0.15, -0.1) is 0 Å². The van der Waals surface area contributed by atoms with Crippen LogP contribution in [0.2, 0.25) is 0 Å². The number of nitrogens with one attached hydrogen (secondary N) is 1. The maximum atomic E-state index is 13.0. The number of carboxylic acid groups (broad SMARTS) is 1. The average Bonchev–Trinajstić information content (AvgIpc) is 2.93. The Morgan fingerprint density at radius 2 is 1.78 bits per heavy atom. The Morgan fingerprint density at radius 3 is 2.44 bits per heavy atom. The number of carbonyl (C=O) groups is 1. The molecule has 0 aliphatic carbocycles. The quantitative estimate of drug-likeness (QED) is 0.310. The molecule has 7 nitrogen and oxygen atoms in total. The van der Waals surface area contributed by atoms with Gasteiger partial charge in [-0.25, -0.2) is 4.79 Å². The molecule has 2 aliphatic rings. The number of rotatable bonds is 6. The Balaban J connectivity index is 1.94. The van der Waals surface area contributed by atoms with Gasteiger partial charge in [-0.2, -0.15) is 0 Å². The van der Waals surface area contributed by atoms with Gasteiger partial charge < -0.3 is 29.9 Å². The summed E-state index contributed by atoms with van der Waals surface area (Å²) in [5.74, 6) is -0.231. The molecule has 0 bridgehead atoms. The summed E-state index contributed by atoms with van der Waals surface area (Å²) in [7, 11) is 0. The SMILES string of the molecule is Cc1cccc2c1CN(C(C)CO)c1c(C)c([C@H](OC(C)(C)C)C(=O)O)c(-c3ccc4c(c3C)NCCO4)c(C)c1-2. The first-order valence-electron chi connectivity index (χ1n) is 14.4. The molecule has 0 spiro atoms. The first kappa shape index (κ1) is 29.0. The summed E-state index contributed by atoms with van der Waals surface area (Å²) in [6.07, 6.45) is -1.20. The number of fused-ring (bicyclic) bond motifs is 4. The molecule has 0 saturated heterocycles. The first-order chi connectivity index (χ1) is 19.4. The van der Waals surface area contributed by atoms with Crippen molar-refractivity contribution in [2.24, 2.45) is 0 Å². The number of aliphatic carboxylic acids is 1. The highest BCUT2D eigenvalue weighted by Gasteiger charge is 2.38. The lowest BCUT2D eigenvalue weighted by Crippen LogP contribution is -2.39. The van der Waals surface area contributed by atoms with Crippen molar-refractivity contribution in [3.8, 4) is 28.0 Å². The molecule has 2 aliphatic heterocycles. The largest absolute Gasteiger partial charge is 0.490 e. The van der Waals surface area contributed by atoms with Crippen molar-refractivity contribution in [3.63, 3.8) is 0 Å². The zero-order valence-electron chi connectivity index (χ0n) is 25.4. The number of aliphatic hydroxyl groups is 1. The standard InChI is InChI=1S/C34H42N2O5/c1-18-10-9-11-24-25(18)16-36(19(2)17-37)31-22(5)29(32(33(38)39)41-34(6,7)8)27(21(4)28(24)31)23-12-13-26-30(20(23)3)35-14-15-40-26/h9-13,19,32,35,37H,14-17H2,1-8H3,(H,38,39)/t19?,32-/m0/s1. The smallest absolute Gasteiger partial charge is 0.337 e. The molecular weight excluding hydrogens is 516 g/mol. The van der Waals surface area contributed by atoms with Gasteiger partial charge in [0.05, 0.1) is 17.9 Å². The summed E-state index contributed by atoms with van der Waals surface area (Å²) in [5, 5.41) is 24.4. The number of nitrogens with zero attached hydrogens (tertiary/aromatic N) is 1. The van der Waals surface area contributed by atoms with E-state index in [0.29, 0.717) is 25.3 Å². The summed E-state index contributed by atoms with van der Waals surface area (Å²) in [6.45, 7) is 17.9. The number of hydrogen-bond acceptors (Lipinski definition) is 6. The van der Waals surface area contributed by atoms with Gasteiger partial charge >= 0.3 is 5.97 Å². The van der Waals surface area contributed by atoms with E-state index in [2.05, 4.69) is 49.2 Å². The highest BCUT2D eigenvalue weighted by atomic mass is 16.5. The van der Waals surface area contributed by atoms with Crippen LogP contribution in [0.5, 0.6) is 5.75 Å². The van der Waals surface area contributed by atoms with Crippen LogP contribution in [0.3, 0.4) is 0 Å². The Labute approximate surface area is 243 Å². The molecule has 0 radical (unpaired) electrons. The number of anilines is 2. The van der Waals surface area contributed by atoms with Crippen molar-refractivity contribution in [1.29, 1.82) is 0 Å². The predicted molar refractivity (Wildman–Crippen MR) is 164 cm³/mol. The van der Waals surface area contributed by atoms with Crippen LogP contribution >= 0.6 is 0 Å². The maximum absolute atomic E-state index is 13.0. The Bertz CT molecular complexity index is 1520. The molecule has 3 N–H and O–H groups in total. The zero-order valence-corrected chi connectivity index (χ0v) is 25.4. The summed E-state index contributed by atoms with van der Waals surface area (Å²) in [6, 6.07) is 10.2. The molecule has 3 aromatic rings. The van der Waals surface area contributed by atoms with Gasteiger partial charge in [-0.05, 0) is 106 Å². The molecule has 0 amide bonds. The third-order valence-corrected chi connectivity index (χ3v) is 8.42. The van der Waals surface area contributed by atoms with Gasteiger partial charge in [0.15, 0.2) is 6.10 Å². The van der Waals surface area contributed by atoms with Crippen molar-refractivity contribution in [2.45, 2.75) is 79.7 Å². The Kier molecular flexibility index (Phi) is 7.55. The molecule has 0 fully saturated rings. The van der Waals surface area contributed by atoms with Crippen LogP contribution in [0.25, 0.3) is 22.3 Å². The summed E-state index contributed by atoms with van der Waals surface area (Å²) >= 11 is 0. The topological polar surface area (TPSA) is 91.3 Å². The van der Waals surface area contributed by atoms with E-state index in [9.17, 15) is 15.0 Å². The van der Waals surface area contributed by atoms with E-state index in [1.54, 1.807) is 0 Å². The summed E-state index contributed by atoms with van der Waals surface area (Å²) in [5.41, 5.74) is 11.2. The molecule has 7 heteroatoms. The van der Waals surface area contributed by atoms with Crippen LogP contribution in [0.4, 0.5) is 11.4 Å². The van der Waals surface area contributed by atoms with Crippen molar-refractivity contribution in [3.05, 3.63) is 63.7 Å². The van der Waals surface area contributed by atoms with E-state index < -0.39 is 17.7 Å². The summed E-state index contributed by atoms with van der Waals surface area (Å²) in [4.78, 5) is 15.2. The minimum atomic E-state index is -1.20. The van der Waals surface area contributed by atoms with Gasteiger partial charge in [-0.3, -0.25) is 0 Å². The van der Waals surface area contributed by atoms with Gasteiger partial charge in [0.2, 0.25) is 0 Å². The molecule has 41 heavy (non-hydrogen) atoms.